The Morgan fingerprint density at radius 3 is 2.23 bits per heavy atom. The van der Waals surface area contributed by atoms with Crippen molar-refractivity contribution in [3.05, 3.63) is 109 Å². The molecule has 3 aromatic carbocycles. The van der Waals surface area contributed by atoms with Crippen LogP contribution in [-0.4, -0.2) is 36.7 Å². The predicted octanol–water partition coefficient (Wildman–Crippen LogP) is 6.07. The van der Waals surface area contributed by atoms with Gasteiger partial charge in [-0.3, -0.25) is 28.4 Å². The normalized spacial score (nSPS) is 12.9. The minimum atomic E-state index is -0.611. The third kappa shape index (κ3) is 4.13. The van der Waals surface area contributed by atoms with Crippen LogP contribution in [-0.2, 0) is 0 Å². The van der Waals surface area contributed by atoms with E-state index in [4.69, 9.17) is 17.2 Å². The van der Waals surface area contributed by atoms with Crippen LogP contribution < -0.4 is 5.56 Å². The molecule has 1 aliphatic rings. The highest BCUT2D eigenvalue weighted by atomic mass is 32.2. The molecule has 5 aromatic rings. The number of imide groups is 1. The molecule has 0 bridgehead atoms. The average molecular weight is 575 g/mol. The number of para-hydroxylation sites is 1. The number of carbonyl (C=O) groups excluding carboxylic acids is 2. The number of carbonyl (C=O) groups is 2. The van der Waals surface area contributed by atoms with Crippen molar-refractivity contribution in [2.45, 2.75) is 19.0 Å². The molecule has 0 aliphatic carbocycles. The summed E-state index contributed by atoms with van der Waals surface area (Å²) in [7, 11) is 0. The maximum absolute atomic E-state index is 15.0. The first-order chi connectivity index (χ1) is 18.8. The molecular formula is C28H19FN4O3S3. The lowest BCUT2D eigenvalue weighted by molar-refractivity contribution is 0.0684. The standard InChI is InChI=1S/C28H19FN4O3S3/c1-15-11-12-17(13-16(15)2)32-23-22(39-28(32)37)26(36)33(21-10-6-5-9-20(21)29)27(30-23)38-14-31-24(34)18-7-3-4-8-19(18)25(31)35/h3-13H,14H2,1-2H3. The van der Waals surface area contributed by atoms with E-state index in [2.05, 4.69) is 0 Å². The number of aromatic nitrogens is 3. The molecule has 2 amide bonds. The third-order valence-electron chi connectivity index (χ3n) is 6.62. The van der Waals surface area contributed by atoms with Gasteiger partial charge in [-0.2, -0.15) is 0 Å². The molecule has 0 spiro atoms. The lowest BCUT2D eigenvalue weighted by Crippen LogP contribution is -2.30. The van der Waals surface area contributed by atoms with Crippen LogP contribution in [0.1, 0.15) is 31.8 Å². The van der Waals surface area contributed by atoms with Crippen LogP contribution >= 0.6 is 35.3 Å². The van der Waals surface area contributed by atoms with Crippen LogP contribution in [0.4, 0.5) is 4.39 Å². The van der Waals surface area contributed by atoms with E-state index >= 15 is 0 Å². The second-order valence-electron chi connectivity index (χ2n) is 8.97. The molecule has 6 rings (SSSR count). The fourth-order valence-electron chi connectivity index (χ4n) is 4.45. The maximum atomic E-state index is 15.0. The highest BCUT2D eigenvalue weighted by Crippen LogP contribution is 2.31. The number of hydrogen-bond acceptors (Lipinski definition) is 7. The number of hydrogen-bond donors (Lipinski definition) is 0. The first kappa shape index (κ1) is 25.4. The Labute approximate surface area is 235 Å². The predicted molar refractivity (Wildman–Crippen MR) is 152 cm³/mol. The van der Waals surface area contributed by atoms with Gasteiger partial charge in [0, 0.05) is 5.69 Å². The Morgan fingerprint density at radius 1 is 0.897 bits per heavy atom. The quantitative estimate of drug-likeness (QED) is 0.110. The first-order valence-corrected chi connectivity index (χ1v) is 14.1. The molecule has 0 fully saturated rings. The second kappa shape index (κ2) is 9.67. The fraction of sp³-hybridized carbons (Fsp3) is 0.107. The van der Waals surface area contributed by atoms with Gasteiger partial charge in [-0.25, -0.2) is 9.37 Å². The van der Waals surface area contributed by atoms with Crippen LogP contribution in [0.2, 0.25) is 0 Å². The molecule has 0 saturated heterocycles. The summed E-state index contributed by atoms with van der Waals surface area (Å²) in [5.74, 6) is -1.59. The van der Waals surface area contributed by atoms with E-state index in [9.17, 15) is 18.8 Å². The van der Waals surface area contributed by atoms with Gasteiger partial charge in [0.1, 0.15) is 10.5 Å². The third-order valence-corrected chi connectivity index (χ3v) is 8.89. The minimum absolute atomic E-state index is 0.0128. The molecule has 39 heavy (non-hydrogen) atoms. The molecule has 194 valence electrons. The van der Waals surface area contributed by atoms with Crippen LogP contribution in [0.5, 0.6) is 0 Å². The largest absolute Gasteiger partial charge is 0.278 e. The number of rotatable bonds is 5. The zero-order valence-corrected chi connectivity index (χ0v) is 23.1. The zero-order valence-electron chi connectivity index (χ0n) is 20.7. The molecule has 0 radical (unpaired) electrons. The number of halogens is 1. The molecule has 11 heteroatoms. The average Bonchev–Trinajstić information content (AvgIpc) is 3.38. The minimum Gasteiger partial charge on any atom is -0.275 e. The van der Waals surface area contributed by atoms with Crippen molar-refractivity contribution >= 4 is 57.5 Å². The van der Waals surface area contributed by atoms with Crippen molar-refractivity contribution in [3.63, 3.8) is 0 Å². The van der Waals surface area contributed by atoms with E-state index in [0.29, 0.717) is 20.7 Å². The number of amides is 2. The van der Waals surface area contributed by atoms with Gasteiger partial charge in [-0.05, 0) is 73.6 Å². The monoisotopic (exact) mass is 574 g/mol. The molecular weight excluding hydrogens is 556 g/mol. The summed E-state index contributed by atoms with van der Waals surface area (Å²) >= 11 is 7.74. The summed E-state index contributed by atoms with van der Waals surface area (Å²) in [5.41, 5.74) is 3.40. The van der Waals surface area contributed by atoms with Crippen molar-refractivity contribution < 1.29 is 14.0 Å². The van der Waals surface area contributed by atoms with Crippen LogP contribution in [0.15, 0.2) is 76.7 Å². The van der Waals surface area contributed by atoms with Gasteiger partial charge < -0.3 is 0 Å². The zero-order chi connectivity index (χ0) is 27.4. The topological polar surface area (TPSA) is 77.2 Å². The Kier molecular flexibility index (Phi) is 6.29. The van der Waals surface area contributed by atoms with Gasteiger partial charge in [-0.1, -0.05) is 53.4 Å². The van der Waals surface area contributed by atoms with E-state index in [1.807, 2.05) is 32.0 Å². The van der Waals surface area contributed by atoms with Crippen molar-refractivity contribution in [2.75, 3.05) is 5.88 Å². The second-order valence-corrected chi connectivity index (χ2v) is 11.5. The van der Waals surface area contributed by atoms with Crippen molar-refractivity contribution in [1.29, 1.82) is 0 Å². The molecule has 0 N–H and O–H groups in total. The summed E-state index contributed by atoms with van der Waals surface area (Å²) < 4.78 is 18.6. The van der Waals surface area contributed by atoms with Crippen LogP contribution in [0.25, 0.3) is 21.7 Å². The van der Waals surface area contributed by atoms with Gasteiger partial charge in [0.05, 0.1) is 22.7 Å². The van der Waals surface area contributed by atoms with Gasteiger partial charge in [-0.15, -0.1) is 0 Å². The van der Waals surface area contributed by atoms with E-state index in [0.717, 1.165) is 44.8 Å². The van der Waals surface area contributed by atoms with E-state index in [-0.39, 0.29) is 21.4 Å². The highest BCUT2D eigenvalue weighted by molar-refractivity contribution is 7.99. The molecule has 0 unspecified atom stereocenters. The summed E-state index contributed by atoms with van der Waals surface area (Å²) in [6.45, 7) is 3.99. The van der Waals surface area contributed by atoms with Crippen LogP contribution in [0, 0.1) is 23.6 Å². The number of nitrogens with zero attached hydrogens (tertiary/aromatic N) is 4. The number of aryl methyl sites for hydroxylation is 2. The molecule has 3 heterocycles. The van der Waals surface area contributed by atoms with Crippen LogP contribution in [0.3, 0.4) is 0 Å². The van der Waals surface area contributed by atoms with Gasteiger partial charge in [0.2, 0.25) is 0 Å². The molecule has 0 saturated carbocycles. The smallest absolute Gasteiger partial charge is 0.275 e. The number of thiazole rings is 1. The fourth-order valence-corrected chi connectivity index (χ4v) is 6.70. The van der Waals surface area contributed by atoms with Gasteiger partial charge in [0.25, 0.3) is 17.4 Å². The Hall–Kier alpha value is -3.93. The first-order valence-electron chi connectivity index (χ1n) is 11.9. The summed E-state index contributed by atoms with van der Waals surface area (Å²) in [6, 6.07) is 18.3. The molecule has 7 nitrogen and oxygen atoms in total. The number of fused-ring (bicyclic) bond motifs is 2. The SMILES string of the molecule is Cc1ccc(-n2c(=S)sc3c(=O)n(-c4ccccc4F)c(SCN4C(=O)c5ccccc5C4=O)nc32)cc1C. The molecule has 2 aromatic heterocycles. The maximum Gasteiger partial charge on any atom is 0.278 e. The van der Waals surface area contributed by atoms with Crippen molar-refractivity contribution in [1.82, 2.24) is 19.0 Å². The Balaban J connectivity index is 1.52. The lowest BCUT2D eigenvalue weighted by Gasteiger charge is -2.16. The number of thioether (sulfide) groups is 1. The summed E-state index contributed by atoms with van der Waals surface area (Å²) in [6.07, 6.45) is 0. The van der Waals surface area contributed by atoms with Crippen molar-refractivity contribution in [2.24, 2.45) is 0 Å². The lowest BCUT2D eigenvalue weighted by atomic mass is 10.1. The Morgan fingerprint density at radius 2 is 1.56 bits per heavy atom. The summed E-state index contributed by atoms with van der Waals surface area (Å²) in [4.78, 5) is 45.6. The van der Waals surface area contributed by atoms with E-state index < -0.39 is 23.2 Å². The Bertz CT molecular complexity index is 1930. The molecule has 0 atom stereocenters. The van der Waals surface area contributed by atoms with Crippen molar-refractivity contribution in [3.8, 4) is 11.4 Å². The highest BCUT2D eigenvalue weighted by Gasteiger charge is 2.35. The molecule has 1 aliphatic heterocycles. The van der Waals surface area contributed by atoms with E-state index in [1.54, 1.807) is 34.9 Å². The number of benzene rings is 3. The van der Waals surface area contributed by atoms with Gasteiger partial charge >= 0.3 is 0 Å². The van der Waals surface area contributed by atoms with Gasteiger partial charge in [0.15, 0.2) is 14.8 Å². The summed E-state index contributed by atoms with van der Waals surface area (Å²) in [5, 5.41) is 0.125. The van der Waals surface area contributed by atoms with E-state index in [1.165, 1.54) is 22.8 Å².